The van der Waals surface area contributed by atoms with Crippen LogP contribution in [0, 0.1) is 0 Å². The summed E-state index contributed by atoms with van der Waals surface area (Å²) in [4.78, 5) is 12.3. The smallest absolute Gasteiger partial charge is 0.238 e. The number of halogens is 1. The number of carbonyl (C=O) groups excluding carboxylic acids is 1. The molecule has 0 aromatic heterocycles. The first-order chi connectivity index (χ1) is 4.46. The highest BCUT2D eigenvalue weighted by atomic mass is 35.7. The van der Waals surface area contributed by atoms with Gasteiger partial charge in [-0.25, -0.2) is 4.21 Å². The maximum absolute atomic E-state index is 10.9. The first-order valence-corrected chi connectivity index (χ1v) is 4.78. The van der Waals surface area contributed by atoms with Gasteiger partial charge in [0.05, 0.1) is 0 Å². The molecule has 10 heavy (non-hydrogen) atoms. The van der Waals surface area contributed by atoms with Crippen LogP contribution in [0.15, 0.2) is 0 Å². The van der Waals surface area contributed by atoms with Gasteiger partial charge in [0.2, 0.25) is 5.91 Å². The van der Waals surface area contributed by atoms with Crippen molar-refractivity contribution in [3.05, 3.63) is 0 Å². The van der Waals surface area contributed by atoms with Gasteiger partial charge >= 0.3 is 0 Å². The fourth-order valence-electron chi connectivity index (χ4n) is 0.443. The van der Waals surface area contributed by atoms with Crippen molar-refractivity contribution in [2.75, 3.05) is 14.1 Å². The summed E-state index contributed by atoms with van der Waals surface area (Å²) in [5.74, 6) is -0.215. The van der Waals surface area contributed by atoms with Gasteiger partial charge in [-0.15, -0.1) is 0 Å². The summed E-state index contributed by atoms with van der Waals surface area (Å²) in [7, 11) is 6.81. The summed E-state index contributed by atoms with van der Waals surface area (Å²) in [6.07, 6.45) is 0. The first-order valence-electron chi connectivity index (χ1n) is 2.74. The molecule has 0 saturated carbocycles. The van der Waals surface area contributed by atoms with Gasteiger partial charge < -0.3 is 4.90 Å². The molecule has 0 heterocycles. The molecule has 0 radical (unpaired) electrons. The molecule has 2 atom stereocenters. The molecule has 0 saturated heterocycles. The van der Waals surface area contributed by atoms with Crippen molar-refractivity contribution in [1.29, 1.82) is 0 Å². The lowest BCUT2D eigenvalue weighted by molar-refractivity contribution is -0.127. The first kappa shape index (κ1) is 9.91. The van der Waals surface area contributed by atoms with Gasteiger partial charge in [0, 0.05) is 14.1 Å². The molecule has 0 aliphatic heterocycles. The van der Waals surface area contributed by atoms with Gasteiger partial charge in [0.1, 0.15) is 15.3 Å². The molecule has 0 bridgehead atoms. The predicted octanol–water partition coefficient (Wildman–Crippen LogP) is 0.366. The molecule has 0 spiro atoms. The highest BCUT2D eigenvalue weighted by Crippen LogP contribution is 2.02. The predicted molar refractivity (Wildman–Crippen MR) is 42.2 cm³/mol. The molecule has 5 heteroatoms. The standard InChI is InChI=1S/C5H10ClNO2S/c1-4(10(6)9)5(8)7(2)3/h4H,1-3H3. The Hall–Kier alpha value is -0.0900. The maximum Gasteiger partial charge on any atom is 0.238 e. The number of hydrogen-bond donors (Lipinski definition) is 0. The third-order valence-electron chi connectivity index (χ3n) is 1.07. The fourth-order valence-corrected chi connectivity index (χ4v) is 1.04. The van der Waals surface area contributed by atoms with Crippen LogP contribution in [0.2, 0.25) is 0 Å². The zero-order valence-electron chi connectivity index (χ0n) is 6.13. The highest BCUT2D eigenvalue weighted by Gasteiger charge is 2.19. The van der Waals surface area contributed by atoms with E-state index in [4.69, 9.17) is 10.7 Å². The van der Waals surface area contributed by atoms with Crippen molar-refractivity contribution in [3.63, 3.8) is 0 Å². The van der Waals surface area contributed by atoms with Gasteiger partial charge in [0.15, 0.2) is 0 Å². The van der Waals surface area contributed by atoms with Gasteiger partial charge in [-0.05, 0) is 17.6 Å². The zero-order chi connectivity index (χ0) is 8.31. The van der Waals surface area contributed by atoms with Crippen molar-refractivity contribution in [1.82, 2.24) is 4.90 Å². The third kappa shape index (κ3) is 2.66. The van der Waals surface area contributed by atoms with Gasteiger partial charge in [-0.1, -0.05) is 0 Å². The lowest BCUT2D eigenvalue weighted by atomic mass is 10.4. The van der Waals surface area contributed by atoms with Crippen LogP contribution < -0.4 is 0 Å². The molecule has 2 unspecified atom stereocenters. The molecular formula is C5H10ClNO2S. The van der Waals surface area contributed by atoms with Crippen molar-refractivity contribution >= 4 is 26.6 Å². The minimum atomic E-state index is -1.58. The quantitative estimate of drug-likeness (QED) is 0.580. The molecule has 0 rings (SSSR count). The van der Waals surface area contributed by atoms with Gasteiger partial charge in [-0.3, -0.25) is 4.79 Å². The Morgan fingerprint density at radius 2 is 2.00 bits per heavy atom. The molecule has 0 aromatic carbocycles. The Morgan fingerprint density at radius 3 is 2.10 bits per heavy atom. The second kappa shape index (κ2) is 3.93. The van der Waals surface area contributed by atoms with Crippen LogP contribution in [-0.4, -0.2) is 34.4 Å². The normalized spacial score (nSPS) is 16.0. The van der Waals surface area contributed by atoms with E-state index in [1.54, 1.807) is 14.1 Å². The van der Waals surface area contributed by atoms with Crippen molar-refractivity contribution < 1.29 is 9.00 Å². The van der Waals surface area contributed by atoms with Crippen LogP contribution in [0.25, 0.3) is 0 Å². The van der Waals surface area contributed by atoms with Crippen LogP contribution in [0.3, 0.4) is 0 Å². The van der Waals surface area contributed by atoms with Crippen molar-refractivity contribution in [2.45, 2.75) is 12.2 Å². The van der Waals surface area contributed by atoms with Crippen molar-refractivity contribution in [2.24, 2.45) is 0 Å². The largest absolute Gasteiger partial charge is 0.348 e. The summed E-state index contributed by atoms with van der Waals surface area (Å²) < 4.78 is 10.5. The second-order valence-electron chi connectivity index (χ2n) is 2.12. The minimum Gasteiger partial charge on any atom is -0.348 e. The van der Waals surface area contributed by atoms with Crippen LogP contribution in [0.4, 0.5) is 0 Å². The molecule has 3 nitrogen and oxygen atoms in total. The maximum atomic E-state index is 10.9. The average Bonchev–Trinajstić information content (AvgIpc) is 1.84. The summed E-state index contributed by atoms with van der Waals surface area (Å²) in [5.41, 5.74) is 0. The van der Waals surface area contributed by atoms with E-state index in [1.807, 2.05) is 0 Å². The van der Waals surface area contributed by atoms with Crippen LogP contribution >= 0.6 is 10.7 Å². The molecule has 60 valence electrons. The van der Waals surface area contributed by atoms with Crippen LogP contribution in [-0.2, 0) is 14.8 Å². The fraction of sp³-hybridized carbons (Fsp3) is 0.800. The summed E-state index contributed by atoms with van der Waals surface area (Å²) >= 11 is 0. The van der Waals surface area contributed by atoms with E-state index >= 15 is 0 Å². The summed E-state index contributed by atoms with van der Waals surface area (Å²) in [6.45, 7) is 1.53. The highest BCUT2D eigenvalue weighted by molar-refractivity contribution is 8.09. The summed E-state index contributed by atoms with van der Waals surface area (Å²) in [6, 6.07) is 0. The van der Waals surface area contributed by atoms with E-state index in [0.717, 1.165) is 0 Å². The number of nitrogens with zero attached hydrogens (tertiary/aromatic N) is 1. The Morgan fingerprint density at radius 1 is 1.60 bits per heavy atom. The number of amides is 1. The van der Waals surface area contributed by atoms with Crippen LogP contribution in [0.5, 0.6) is 0 Å². The Bertz CT molecular complexity index is 160. The Kier molecular flexibility index (Phi) is 3.89. The van der Waals surface area contributed by atoms with E-state index in [1.165, 1.54) is 11.8 Å². The molecule has 0 aliphatic carbocycles. The van der Waals surface area contributed by atoms with E-state index in [0.29, 0.717) is 0 Å². The Labute approximate surface area is 67.3 Å². The molecule has 0 aliphatic rings. The molecular weight excluding hydrogens is 174 g/mol. The van der Waals surface area contributed by atoms with E-state index in [2.05, 4.69) is 0 Å². The van der Waals surface area contributed by atoms with Crippen molar-refractivity contribution in [3.8, 4) is 0 Å². The lowest BCUT2D eigenvalue weighted by Gasteiger charge is -2.12. The lowest BCUT2D eigenvalue weighted by Crippen LogP contribution is -2.32. The van der Waals surface area contributed by atoms with E-state index < -0.39 is 15.3 Å². The van der Waals surface area contributed by atoms with Gasteiger partial charge in [0.25, 0.3) is 0 Å². The molecule has 0 N–H and O–H groups in total. The van der Waals surface area contributed by atoms with E-state index in [-0.39, 0.29) is 5.91 Å². The monoisotopic (exact) mass is 183 g/mol. The van der Waals surface area contributed by atoms with E-state index in [9.17, 15) is 9.00 Å². The molecule has 1 amide bonds. The average molecular weight is 184 g/mol. The summed E-state index contributed by atoms with van der Waals surface area (Å²) in [5, 5.41) is -0.614. The zero-order valence-corrected chi connectivity index (χ0v) is 7.70. The number of carbonyl (C=O) groups is 1. The second-order valence-corrected chi connectivity index (χ2v) is 4.24. The van der Waals surface area contributed by atoms with Crippen LogP contribution in [0.1, 0.15) is 6.92 Å². The molecule has 0 fully saturated rings. The number of hydrogen-bond acceptors (Lipinski definition) is 2. The number of rotatable bonds is 2. The SMILES string of the molecule is CC(C(=O)N(C)C)S(=O)Cl. The minimum absolute atomic E-state index is 0.215. The Balaban J connectivity index is 4.08. The van der Waals surface area contributed by atoms with Gasteiger partial charge in [-0.2, -0.15) is 0 Å². The third-order valence-corrected chi connectivity index (χ3v) is 2.63. The topological polar surface area (TPSA) is 37.4 Å². The molecule has 0 aromatic rings.